The van der Waals surface area contributed by atoms with Crippen molar-refractivity contribution < 1.29 is 9.59 Å². The second-order valence-corrected chi connectivity index (χ2v) is 6.54. The lowest BCUT2D eigenvalue weighted by atomic mass is 10.1. The van der Waals surface area contributed by atoms with Crippen LogP contribution in [0.4, 0.5) is 16.2 Å². The van der Waals surface area contributed by atoms with Crippen LogP contribution in [0.3, 0.4) is 0 Å². The van der Waals surface area contributed by atoms with Gasteiger partial charge in [-0.25, -0.2) is 4.79 Å². The zero-order chi connectivity index (χ0) is 17.6. The van der Waals surface area contributed by atoms with E-state index >= 15 is 0 Å². The van der Waals surface area contributed by atoms with E-state index in [9.17, 15) is 9.59 Å². The molecule has 3 rings (SSSR count). The Labute approximate surface area is 151 Å². The molecule has 1 saturated carbocycles. The molecular weight excluding hydrogens is 338 g/mol. The lowest BCUT2D eigenvalue weighted by Gasteiger charge is -2.10. The Kier molecular flexibility index (Phi) is 5.56. The van der Waals surface area contributed by atoms with Crippen molar-refractivity contribution in [3.05, 3.63) is 59.1 Å². The second kappa shape index (κ2) is 8.03. The minimum Gasteiger partial charge on any atom is -0.338 e. The van der Waals surface area contributed by atoms with Crippen molar-refractivity contribution in [2.75, 3.05) is 17.2 Å². The highest BCUT2D eigenvalue weighted by molar-refractivity contribution is 6.30. The maximum absolute atomic E-state index is 12.0. The van der Waals surface area contributed by atoms with E-state index < -0.39 is 0 Å². The van der Waals surface area contributed by atoms with E-state index in [1.54, 1.807) is 18.2 Å². The van der Waals surface area contributed by atoms with Crippen LogP contribution in [-0.4, -0.2) is 18.5 Å². The number of amides is 3. The van der Waals surface area contributed by atoms with Gasteiger partial charge < -0.3 is 16.0 Å². The Bertz CT molecular complexity index is 758. The molecule has 0 atom stereocenters. The van der Waals surface area contributed by atoms with Gasteiger partial charge in [-0.2, -0.15) is 0 Å². The van der Waals surface area contributed by atoms with Crippen LogP contribution in [0.5, 0.6) is 0 Å². The van der Waals surface area contributed by atoms with Crippen LogP contribution in [0, 0.1) is 5.92 Å². The summed E-state index contributed by atoms with van der Waals surface area (Å²) in [4.78, 5) is 23.8. The first-order valence-electron chi connectivity index (χ1n) is 8.30. The molecule has 6 heteroatoms. The second-order valence-electron chi connectivity index (χ2n) is 6.10. The Morgan fingerprint density at radius 2 is 1.68 bits per heavy atom. The molecule has 0 radical (unpaired) electrons. The first kappa shape index (κ1) is 17.3. The number of anilines is 2. The van der Waals surface area contributed by atoms with Gasteiger partial charge in [0.25, 0.3) is 0 Å². The standard InChI is InChI=1S/C19H20ClN3O2/c20-15-8-4-13(5-9-15)10-11-21-19(25)23-17-3-1-2-16(12-17)22-18(24)14-6-7-14/h1-5,8-9,12,14H,6-7,10-11H2,(H,22,24)(H2,21,23,25). The van der Waals surface area contributed by atoms with Crippen LogP contribution < -0.4 is 16.0 Å². The quantitative estimate of drug-likeness (QED) is 0.729. The minimum atomic E-state index is -0.278. The van der Waals surface area contributed by atoms with E-state index in [-0.39, 0.29) is 17.9 Å². The predicted octanol–water partition coefficient (Wildman–Crippen LogP) is 4.05. The van der Waals surface area contributed by atoms with Gasteiger partial charge in [0.1, 0.15) is 0 Å². The molecule has 0 aromatic heterocycles. The Balaban J connectivity index is 1.45. The fourth-order valence-electron chi connectivity index (χ4n) is 2.41. The SMILES string of the molecule is O=C(NCCc1ccc(Cl)cc1)Nc1cccc(NC(=O)C2CC2)c1. The third-order valence-corrected chi connectivity index (χ3v) is 4.20. The molecule has 2 aromatic rings. The van der Waals surface area contributed by atoms with Crippen LogP contribution in [0.15, 0.2) is 48.5 Å². The van der Waals surface area contributed by atoms with E-state index in [0.29, 0.717) is 22.9 Å². The Morgan fingerprint density at radius 3 is 2.36 bits per heavy atom. The van der Waals surface area contributed by atoms with Gasteiger partial charge in [-0.1, -0.05) is 29.8 Å². The third kappa shape index (κ3) is 5.50. The van der Waals surface area contributed by atoms with Crippen molar-refractivity contribution in [2.45, 2.75) is 19.3 Å². The van der Waals surface area contributed by atoms with Gasteiger partial charge in [-0.05, 0) is 55.2 Å². The normalized spacial score (nSPS) is 13.2. The highest BCUT2D eigenvalue weighted by Crippen LogP contribution is 2.30. The Morgan fingerprint density at radius 1 is 1.00 bits per heavy atom. The van der Waals surface area contributed by atoms with Crippen molar-refractivity contribution in [3.63, 3.8) is 0 Å². The number of carbonyl (C=O) groups is 2. The highest BCUT2D eigenvalue weighted by Gasteiger charge is 2.29. The molecule has 0 unspecified atom stereocenters. The average molecular weight is 358 g/mol. The van der Waals surface area contributed by atoms with Crippen molar-refractivity contribution in [1.82, 2.24) is 5.32 Å². The van der Waals surface area contributed by atoms with Gasteiger partial charge in [-0.15, -0.1) is 0 Å². The molecule has 0 saturated heterocycles. The van der Waals surface area contributed by atoms with Gasteiger partial charge in [-0.3, -0.25) is 4.79 Å². The molecule has 1 aliphatic carbocycles. The van der Waals surface area contributed by atoms with E-state index in [4.69, 9.17) is 11.6 Å². The number of halogens is 1. The summed E-state index contributed by atoms with van der Waals surface area (Å²) in [6, 6.07) is 14.4. The first-order chi connectivity index (χ1) is 12.1. The molecule has 2 aromatic carbocycles. The summed E-state index contributed by atoms with van der Waals surface area (Å²) in [7, 11) is 0. The fourth-order valence-corrected chi connectivity index (χ4v) is 2.54. The Hall–Kier alpha value is -2.53. The van der Waals surface area contributed by atoms with Crippen LogP contribution >= 0.6 is 11.6 Å². The minimum absolute atomic E-state index is 0.0459. The zero-order valence-electron chi connectivity index (χ0n) is 13.7. The number of carbonyl (C=O) groups excluding carboxylic acids is 2. The van der Waals surface area contributed by atoms with Crippen molar-refractivity contribution in [3.8, 4) is 0 Å². The number of urea groups is 1. The van der Waals surface area contributed by atoms with Crippen LogP contribution in [0.1, 0.15) is 18.4 Å². The maximum atomic E-state index is 12.0. The van der Waals surface area contributed by atoms with Crippen LogP contribution in [0.2, 0.25) is 5.02 Å². The largest absolute Gasteiger partial charge is 0.338 e. The average Bonchev–Trinajstić information content (AvgIpc) is 3.42. The van der Waals surface area contributed by atoms with Gasteiger partial charge in [0, 0.05) is 28.9 Å². The summed E-state index contributed by atoms with van der Waals surface area (Å²) in [5.41, 5.74) is 2.43. The summed E-state index contributed by atoms with van der Waals surface area (Å²) in [6.45, 7) is 0.519. The topological polar surface area (TPSA) is 70.2 Å². The molecule has 25 heavy (non-hydrogen) atoms. The molecular formula is C19H20ClN3O2. The highest BCUT2D eigenvalue weighted by atomic mass is 35.5. The van der Waals surface area contributed by atoms with Crippen molar-refractivity contribution in [2.24, 2.45) is 5.92 Å². The summed E-state index contributed by atoms with van der Waals surface area (Å²) >= 11 is 5.85. The van der Waals surface area contributed by atoms with E-state index in [1.807, 2.05) is 30.3 Å². The summed E-state index contributed by atoms with van der Waals surface area (Å²) < 4.78 is 0. The maximum Gasteiger partial charge on any atom is 0.319 e. The number of hydrogen-bond acceptors (Lipinski definition) is 2. The first-order valence-corrected chi connectivity index (χ1v) is 8.68. The molecule has 3 N–H and O–H groups in total. The van der Waals surface area contributed by atoms with Crippen molar-refractivity contribution >= 4 is 34.9 Å². The molecule has 0 aliphatic heterocycles. The van der Waals surface area contributed by atoms with Crippen LogP contribution in [-0.2, 0) is 11.2 Å². The van der Waals surface area contributed by atoms with Gasteiger partial charge in [0.2, 0.25) is 5.91 Å². The summed E-state index contributed by atoms with van der Waals surface area (Å²) in [5.74, 6) is 0.192. The number of benzene rings is 2. The lowest BCUT2D eigenvalue weighted by Crippen LogP contribution is -2.30. The smallest absolute Gasteiger partial charge is 0.319 e. The molecule has 1 fully saturated rings. The van der Waals surface area contributed by atoms with E-state index in [1.165, 1.54) is 0 Å². The molecule has 5 nitrogen and oxygen atoms in total. The van der Waals surface area contributed by atoms with Crippen molar-refractivity contribution in [1.29, 1.82) is 0 Å². The molecule has 0 heterocycles. The van der Waals surface area contributed by atoms with Gasteiger partial charge >= 0.3 is 6.03 Å². The number of nitrogens with one attached hydrogen (secondary N) is 3. The molecule has 1 aliphatic rings. The predicted molar refractivity (Wildman–Crippen MR) is 100.0 cm³/mol. The zero-order valence-corrected chi connectivity index (χ0v) is 14.5. The summed E-state index contributed by atoms with van der Waals surface area (Å²) in [6.07, 6.45) is 2.64. The fraction of sp³-hybridized carbons (Fsp3) is 0.263. The lowest BCUT2D eigenvalue weighted by molar-refractivity contribution is -0.117. The van der Waals surface area contributed by atoms with E-state index in [0.717, 1.165) is 24.8 Å². The molecule has 3 amide bonds. The number of hydrogen-bond donors (Lipinski definition) is 3. The molecule has 0 spiro atoms. The monoisotopic (exact) mass is 357 g/mol. The molecule has 0 bridgehead atoms. The summed E-state index contributed by atoms with van der Waals surface area (Å²) in [5, 5.41) is 9.15. The van der Waals surface area contributed by atoms with Gasteiger partial charge in [0.05, 0.1) is 0 Å². The van der Waals surface area contributed by atoms with Crippen LogP contribution in [0.25, 0.3) is 0 Å². The van der Waals surface area contributed by atoms with Gasteiger partial charge in [0.15, 0.2) is 0 Å². The number of rotatable bonds is 6. The molecule has 130 valence electrons. The third-order valence-electron chi connectivity index (χ3n) is 3.95. The van der Waals surface area contributed by atoms with E-state index in [2.05, 4.69) is 16.0 Å².